The number of nitriles is 1. The minimum Gasteiger partial charge on any atom is -0.339 e. The van der Waals surface area contributed by atoms with E-state index in [0.29, 0.717) is 11.5 Å². The van der Waals surface area contributed by atoms with Crippen LogP contribution in [0.4, 0.5) is 0 Å². The number of carbonyl (C=O) groups is 1. The van der Waals surface area contributed by atoms with Crippen LogP contribution in [0.15, 0.2) is 9.81 Å². The third-order valence-electron chi connectivity index (χ3n) is 2.50. The van der Waals surface area contributed by atoms with E-state index in [4.69, 9.17) is 5.26 Å². The van der Waals surface area contributed by atoms with Gasteiger partial charge < -0.3 is 5.32 Å². The fourth-order valence-electron chi connectivity index (χ4n) is 1.58. The first-order chi connectivity index (χ1) is 8.58. The molecule has 5 heteroatoms. The van der Waals surface area contributed by atoms with Crippen molar-refractivity contribution in [3.63, 3.8) is 0 Å². The van der Waals surface area contributed by atoms with E-state index in [0.717, 1.165) is 29.3 Å². The summed E-state index contributed by atoms with van der Waals surface area (Å²) < 4.78 is 0.903. The summed E-state index contributed by atoms with van der Waals surface area (Å²) in [7, 11) is 0. The normalized spacial score (nSPS) is 19.9. The number of unbranched alkanes of at least 4 members (excludes halogenated alkanes) is 1. The number of hydrogen-bond acceptors (Lipinski definition) is 4. The molecule has 1 atom stereocenters. The van der Waals surface area contributed by atoms with Gasteiger partial charge in [-0.3, -0.25) is 4.79 Å². The van der Waals surface area contributed by atoms with Crippen molar-refractivity contribution in [2.24, 2.45) is 5.92 Å². The van der Waals surface area contributed by atoms with Crippen molar-refractivity contribution in [1.82, 2.24) is 5.32 Å². The van der Waals surface area contributed by atoms with E-state index in [2.05, 4.69) is 26.1 Å². The molecule has 0 spiro atoms. The highest BCUT2D eigenvalue weighted by molar-refractivity contribution is 8.22. The molecule has 0 aliphatic carbocycles. The molecule has 0 fully saturated rings. The van der Waals surface area contributed by atoms with E-state index < -0.39 is 0 Å². The second kappa shape index (κ2) is 7.75. The Bertz CT molecular complexity index is 372. The molecular formula is C13H20N2OS2. The molecule has 0 saturated carbocycles. The highest BCUT2D eigenvalue weighted by atomic mass is 32.2. The molecule has 1 heterocycles. The molecule has 1 rings (SSSR count). The summed E-state index contributed by atoms with van der Waals surface area (Å²) in [4.78, 5) is 11.8. The lowest BCUT2D eigenvalue weighted by molar-refractivity contribution is -0.117. The monoisotopic (exact) mass is 284 g/mol. The first-order valence-corrected chi connectivity index (χ1v) is 8.19. The van der Waals surface area contributed by atoms with E-state index in [9.17, 15) is 4.79 Å². The van der Waals surface area contributed by atoms with Gasteiger partial charge in [0.05, 0.1) is 9.61 Å². The van der Waals surface area contributed by atoms with Crippen LogP contribution in [-0.4, -0.2) is 17.0 Å². The van der Waals surface area contributed by atoms with Crippen LogP contribution in [0.25, 0.3) is 0 Å². The van der Waals surface area contributed by atoms with Gasteiger partial charge >= 0.3 is 0 Å². The third-order valence-corrected chi connectivity index (χ3v) is 5.12. The topological polar surface area (TPSA) is 52.9 Å². The SMILES string of the molecule is CCCCSC1=C(C#N)C(=O)N[C@@H](CC(C)C)S1. The van der Waals surface area contributed by atoms with E-state index >= 15 is 0 Å². The van der Waals surface area contributed by atoms with Crippen molar-refractivity contribution in [2.45, 2.75) is 45.4 Å². The van der Waals surface area contributed by atoms with E-state index in [1.54, 1.807) is 23.5 Å². The summed E-state index contributed by atoms with van der Waals surface area (Å²) in [5.41, 5.74) is 0.293. The van der Waals surface area contributed by atoms with Gasteiger partial charge in [-0.2, -0.15) is 5.26 Å². The summed E-state index contributed by atoms with van der Waals surface area (Å²) in [6.07, 6.45) is 3.19. The molecule has 3 nitrogen and oxygen atoms in total. The average Bonchev–Trinajstić information content (AvgIpc) is 2.28. The summed E-state index contributed by atoms with van der Waals surface area (Å²) >= 11 is 3.28. The van der Waals surface area contributed by atoms with Crippen molar-refractivity contribution in [1.29, 1.82) is 5.26 Å². The number of amides is 1. The minimum absolute atomic E-state index is 0.110. The Morgan fingerprint density at radius 1 is 1.56 bits per heavy atom. The van der Waals surface area contributed by atoms with Gasteiger partial charge in [0.1, 0.15) is 11.6 Å². The molecule has 0 aromatic carbocycles. The lowest BCUT2D eigenvalue weighted by atomic mass is 10.1. The summed E-state index contributed by atoms with van der Waals surface area (Å²) in [5.74, 6) is 1.31. The molecule has 0 aromatic heterocycles. The highest BCUT2D eigenvalue weighted by Crippen LogP contribution is 2.39. The Morgan fingerprint density at radius 3 is 2.83 bits per heavy atom. The molecule has 1 N–H and O–H groups in total. The lowest BCUT2D eigenvalue weighted by Gasteiger charge is -2.26. The summed E-state index contributed by atoms with van der Waals surface area (Å²) in [5, 5.41) is 12.1. The van der Waals surface area contributed by atoms with Crippen LogP contribution in [-0.2, 0) is 4.79 Å². The molecule has 0 unspecified atom stereocenters. The van der Waals surface area contributed by atoms with Crippen LogP contribution < -0.4 is 5.32 Å². The van der Waals surface area contributed by atoms with Crippen LogP contribution in [0.2, 0.25) is 0 Å². The second-order valence-electron chi connectivity index (χ2n) is 4.69. The van der Waals surface area contributed by atoms with Crippen molar-refractivity contribution in [3.05, 3.63) is 9.81 Å². The molecular weight excluding hydrogens is 264 g/mol. The highest BCUT2D eigenvalue weighted by Gasteiger charge is 2.28. The second-order valence-corrected chi connectivity index (χ2v) is 7.26. The molecule has 1 aliphatic rings. The Balaban J connectivity index is 2.72. The Morgan fingerprint density at radius 2 is 2.28 bits per heavy atom. The maximum absolute atomic E-state index is 11.8. The van der Waals surface area contributed by atoms with Gasteiger partial charge in [0.2, 0.25) is 0 Å². The number of nitrogens with one attached hydrogen (secondary N) is 1. The van der Waals surface area contributed by atoms with Crippen LogP contribution in [0, 0.1) is 17.2 Å². The Hall–Kier alpha value is -0.600. The van der Waals surface area contributed by atoms with Gasteiger partial charge in [0.25, 0.3) is 5.91 Å². The largest absolute Gasteiger partial charge is 0.339 e. The predicted octanol–water partition coefficient (Wildman–Crippen LogP) is 3.49. The molecule has 1 amide bonds. The third kappa shape index (κ3) is 4.58. The number of nitrogens with zero attached hydrogens (tertiary/aromatic N) is 1. The fraction of sp³-hybridized carbons (Fsp3) is 0.692. The quantitative estimate of drug-likeness (QED) is 0.759. The van der Waals surface area contributed by atoms with E-state index in [1.165, 1.54) is 0 Å². The van der Waals surface area contributed by atoms with Gasteiger partial charge in [0, 0.05) is 0 Å². The van der Waals surface area contributed by atoms with Crippen molar-refractivity contribution in [2.75, 3.05) is 5.75 Å². The summed E-state index contributed by atoms with van der Waals surface area (Å²) in [6, 6.07) is 2.03. The zero-order valence-corrected chi connectivity index (χ0v) is 12.8. The van der Waals surface area contributed by atoms with E-state index in [1.807, 2.05) is 6.07 Å². The standard InChI is InChI=1S/C13H20N2OS2/c1-4-5-6-17-13-10(8-14)12(16)15-11(18-13)7-9(2)3/h9,11H,4-7H2,1-3H3,(H,15,16)/t11-/m1/s1. The molecule has 0 aromatic rings. The lowest BCUT2D eigenvalue weighted by Crippen LogP contribution is -2.37. The predicted molar refractivity (Wildman–Crippen MR) is 79.0 cm³/mol. The van der Waals surface area contributed by atoms with E-state index in [-0.39, 0.29) is 11.3 Å². The summed E-state index contributed by atoms with van der Waals surface area (Å²) in [6.45, 7) is 6.42. The van der Waals surface area contributed by atoms with Crippen molar-refractivity contribution >= 4 is 29.4 Å². The van der Waals surface area contributed by atoms with Gasteiger partial charge in [-0.15, -0.1) is 11.8 Å². The molecule has 100 valence electrons. The van der Waals surface area contributed by atoms with Crippen molar-refractivity contribution < 1.29 is 4.79 Å². The molecule has 1 aliphatic heterocycles. The van der Waals surface area contributed by atoms with Crippen LogP contribution in [0.5, 0.6) is 0 Å². The van der Waals surface area contributed by atoms with Crippen LogP contribution in [0.3, 0.4) is 0 Å². The molecule has 0 saturated heterocycles. The smallest absolute Gasteiger partial charge is 0.264 e. The minimum atomic E-state index is -0.208. The van der Waals surface area contributed by atoms with Gasteiger partial charge in [0.15, 0.2) is 0 Å². The molecule has 18 heavy (non-hydrogen) atoms. The zero-order valence-electron chi connectivity index (χ0n) is 11.2. The fourth-order valence-corrected chi connectivity index (χ4v) is 4.51. The number of carbonyl (C=O) groups excluding carboxylic acids is 1. The number of thioether (sulfide) groups is 2. The van der Waals surface area contributed by atoms with Gasteiger partial charge in [-0.05, 0) is 24.5 Å². The Kier molecular flexibility index (Phi) is 6.66. The number of hydrogen-bond donors (Lipinski definition) is 1. The van der Waals surface area contributed by atoms with Crippen LogP contribution >= 0.6 is 23.5 Å². The Labute approximate surface area is 118 Å². The molecule has 0 bridgehead atoms. The van der Waals surface area contributed by atoms with Crippen LogP contribution in [0.1, 0.15) is 40.0 Å². The van der Waals surface area contributed by atoms with Gasteiger partial charge in [-0.1, -0.05) is 39.0 Å². The maximum atomic E-state index is 11.8. The van der Waals surface area contributed by atoms with Gasteiger partial charge in [-0.25, -0.2) is 0 Å². The zero-order chi connectivity index (χ0) is 13.5. The average molecular weight is 284 g/mol. The van der Waals surface area contributed by atoms with Crippen molar-refractivity contribution in [3.8, 4) is 6.07 Å². The maximum Gasteiger partial charge on any atom is 0.264 e. The first kappa shape index (κ1) is 15.5. The first-order valence-electron chi connectivity index (χ1n) is 6.33. The molecule has 0 radical (unpaired) electrons. The number of rotatable bonds is 6.